The second-order valence-corrected chi connectivity index (χ2v) is 7.54. The van der Waals surface area contributed by atoms with Crippen LogP contribution >= 0.6 is 0 Å². The minimum absolute atomic E-state index is 0.0751. The van der Waals surface area contributed by atoms with E-state index in [1.165, 1.54) is 12.3 Å². The summed E-state index contributed by atoms with van der Waals surface area (Å²) in [6, 6.07) is 1.15. The van der Waals surface area contributed by atoms with Gasteiger partial charge < -0.3 is 20.3 Å². The highest BCUT2D eigenvalue weighted by atomic mass is 19.1. The minimum Gasteiger partial charge on any atom is -0.477 e. The van der Waals surface area contributed by atoms with E-state index in [0.717, 1.165) is 19.3 Å². The van der Waals surface area contributed by atoms with E-state index in [-0.39, 0.29) is 29.1 Å². The zero-order valence-corrected chi connectivity index (χ0v) is 14.6. The van der Waals surface area contributed by atoms with Crippen molar-refractivity contribution in [3.63, 3.8) is 0 Å². The van der Waals surface area contributed by atoms with Gasteiger partial charge in [-0.2, -0.15) is 0 Å². The Kier molecular flexibility index (Phi) is 3.42. The fourth-order valence-corrected chi connectivity index (χ4v) is 4.36. The first-order valence-corrected chi connectivity index (χ1v) is 9.14. The number of carboxylic acids is 1. The number of rotatable bonds is 2. The second-order valence-electron chi connectivity index (χ2n) is 7.54. The number of anilines is 1. The van der Waals surface area contributed by atoms with Crippen molar-refractivity contribution in [2.75, 3.05) is 18.0 Å². The number of aromatic nitrogens is 1. The smallest absolute Gasteiger partial charge is 0.341 e. The monoisotopic (exact) mass is 370 g/mol. The van der Waals surface area contributed by atoms with Crippen molar-refractivity contribution < 1.29 is 14.3 Å². The van der Waals surface area contributed by atoms with Crippen LogP contribution in [0.3, 0.4) is 0 Å². The van der Waals surface area contributed by atoms with Crippen LogP contribution in [-0.4, -0.2) is 47.0 Å². The summed E-state index contributed by atoms with van der Waals surface area (Å²) >= 11 is 0. The fraction of sp³-hybridized carbons (Fsp3) is 0.421. The quantitative estimate of drug-likeness (QED) is 0.835. The first-order chi connectivity index (χ1) is 13.0. The molecule has 8 heteroatoms. The topological polar surface area (TPSA) is 101 Å². The summed E-state index contributed by atoms with van der Waals surface area (Å²) in [7, 11) is 0. The van der Waals surface area contributed by atoms with Gasteiger partial charge in [0.15, 0.2) is 0 Å². The van der Waals surface area contributed by atoms with Crippen LogP contribution in [0.25, 0.3) is 10.9 Å². The Morgan fingerprint density at radius 3 is 2.81 bits per heavy atom. The molecule has 2 aromatic rings. The number of nitrogens with two attached hydrogens (primary N) is 1. The molecule has 2 aliphatic heterocycles. The lowest BCUT2D eigenvalue weighted by atomic mass is 10.0. The molecule has 0 amide bonds. The van der Waals surface area contributed by atoms with Crippen LogP contribution < -0.4 is 16.1 Å². The molecule has 7 nitrogen and oxygen atoms in total. The van der Waals surface area contributed by atoms with Gasteiger partial charge in [-0.15, -0.1) is 0 Å². The maximum Gasteiger partial charge on any atom is 0.341 e. The number of pyridine rings is 1. The standard InChI is InChI=1S/C19H19FN4O3/c20-13-5-10-16(24(9-1-2-9)8-12(18(10)25)19(26)27)11-6-22-7-15-14(21)3-4-23(15)17(11)13/h5-6,8-9,14-15H,1-4,7,21H2,(H,26,27)/t14-,15-/m1/s1. The summed E-state index contributed by atoms with van der Waals surface area (Å²) in [6.07, 6.45) is 5.57. The van der Waals surface area contributed by atoms with Gasteiger partial charge in [-0.05, 0) is 25.3 Å². The molecule has 3 heterocycles. The highest BCUT2D eigenvalue weighted by Gasteiger charge is 2.37. The highest BCUT2D eigenvalue weighted by Crippen LogP contribution is 2.41. The normalized spacial score (nSPS) is 24.0. The lowest BCUT2D eigenvalue weighted by molar-refractivity contribution is 0.0695. The Labute approximate surface area is 153 Å². The predicted molar refractivity (Wildman–Crippen MR) is 99.6 cm³/mol. The lowest BCUT2D eigenvalue weighted by Crippen LogP contribution is -2.41. The molecule has 3 aliphatic rings. The Morgan fingerprint density at radius 2 is 2.11 bits per heavy atom. The summed E-state index contributed by atoms with van der Waals surface area (Å²) in [5.74, 6) is -1.84. The summed E-state index contributed by atoms with van der Waals surface area (Å²) in [5, 5.41) is 9.49. The van der Waals surface area contributed by atoms with Gasteiger partial charge in [0.2, 0.25) is 5.43 Å². The number of halogens is 1. The Hall–Kier alpha value is -2.74. The molecular formula is C19H19FN4O3. The molecular weight excluding hydrogens is 351 g/mol. The van der Waals surface area contributed by atoms with Crippen LogP contribution in [0.1, 0.15) is 41.2 Å². The summed E-state index contributed by atoms with van der Waals surface area (Å²) < 4.78 is 17.0. The summed E-state index contributed by atoms with van der Waals surface area (Å²) in [4.78, 5) is 30.7. The van der Waals surface area contributed by atoms with Gasteiger partial charge in [0.1, 0.15) is 11.4 Å². The van der Waals surface area contributed by atoms with Gasteiger partial charge in [0, 0.05) is 36.6 Å². The van der Waals surface area contributed by atoms with Crippen molar-refractivity contribution in [1.29, 1.82) is 0 Å². The van der Waals surface area contributed by atoms with Crippen molar-refractivity contribution >= 4 is 28.8 Å². The Bertz CT molecular complexity index is 1070. The molecule has 1 aromatic heterocycles. The third-order valence-corrected chi connectivity index (χ3v) is 5.85. The van der Waals surface area contributed by atoms with Crippen LogP contribution in [0.5, 0.6) is 0 Å². The molecule has 0 bridgehead atoms. The van der Waals surface area contributed by atoms with Crippen molar-refractivity contribution in [3.05, 3.63) is 39.4 Å². The number of benzene rings is 1. The zero-order chi connectivity index (χ0) is 18.9. The Morgan fingerprint density at radius 1 is 1.33 bits per heavy atom. The van der Waals surface area contributed by atoms with E-state index in [9.17, 15) is 14.7 Å². The van der Waals surface area contributed by atoms with Crippen LogP contribution in [0.2, 0.25) is 0 Å². The molecule has 0 radical (unpaired) electrons. The van der Waals surface area contributed by atoms with Gasteiger partial charge >= 0.3 is 5.97 Å². The average Bonchev–Trinajstić information content (AvgIpc) is 3.42. The van der Waals surface area contributed by atoms with Gasteiger partial charge in [0.05, 0.1) is 29.2 Å². The molecule has 1 aromatic carbocycles. The number of hydrogen-bond donors (Lipinski definition) is 2. The number of fused-ring (bicyclic) bond motifs is 5. The molecule has 0 spiro atoms. The van der Waals surface area contributed by atoms with Crippen LogP contribution in [-0.2, 0) is 0 Å². The molecule has 27 heavy (non-hydrogen) atoms. The van der Waals surface area contributed by atoms with E-state index in [1.54, 1.807) is 6.21 Å². The SMILES string of the molecule is N[C@@H]1CCN2c3c(F)cc4c(=O)c(C(=O)O)cn(C5CC5)c4c3C=NC[C@H]12. The van der Waals surface area contributed by atoms with Crippen molar-refractivity contribution in [3.8, 4) is 0 Å². The van der Waals surface area contributed by atoms with Crippen molar-refractivity contribution in [2.24, 2.45) is 10.7 Å². The summed E-state index contributed by atoms with van der Waals surface area (Å²) in [5.41, 5.74) is 6.71. The second kappa shape index (κ2) is 5.63. The number of aromatic carboxylic acids is 1. The molecule has 5 rings (SSSR count). The molecule has 1 saturated carbocycles. The van der Waals surface area contributed by atoms with Crippen LogP contribution in [0.15, 0.2) is 22.1 Å². The number of nitrogens with zero attached hydrogens (tertiary/aromatic N) is 3. The predicted octanol–water partition coefficient (Wildman–Crippen LogP) is 1.51. The number of carboxylic acid groups (broad SMARTS) is 1. The molecule has 3 N–H and O–H groups in total. The van der Waals surface area contributed by atoms with E-state index in [0.29, 0.717) is 29.9 Å². The molecule has 1 aliphatic carbocycles. The first kappa shape index (κ1) is 16.4. The van der Waals surface area contributed by atoms with Crippen molar-refractivity contribution in [1.82, 2.24) is 4.57 Å². The van der Waals surface area contributed by atoms with E-state index >= 15 is 4.39 Å². The third kappa shape index (κ3) is 2.32. The largest absolute Gasteiger partial charge is 0.477 e. The van der Waals surface area contributed by atoms with Gasteiger partial charge in [-0.1, -0.05) is 0 Å². The van der Waals surface area contributed by atoms with E-state index < -0.39 is 17.2 Å². The Balaban J connectivity index is 1.88. The third-order valence-electron chi connectivity index (χ3n) is 5.85. The number of hydrogen-bond acceptors (Lipinski definition) is 5. The summed E-state index contributed by atoms with van der Waals surface area (Å²) in [6.45, 7) is 1.10. The van der Waals surface area contributed by atoms with Crippen LogP contribution in [0, 0.1) is 5.82 Å². The van der Waals surface area contributed by atoms with Gasteiger partial charge in [-0.3, -0.25) is 9.79 Å². The first-order valence-electron chi connectivity index (χ1n) is 9.14. The molecule has 140 valence electrons. The number of carbonyl (C=O) groups is 1. The minimum atomic E-state index is -1.30. The van der Waals surface area contributed by atoms with Crippen molar-refractivity contribution in [2.45, 2.75) is 37.4 Å². The zero-order valence-electron chi connectivity index (χ0n) is 14.6. The average molecular weight is 370 g/mol. The highest BCUT2D eigenvalue weighted by molar-refractivity contribution is 6.06. The molecule has 2 fully saturated rings. The number of aliphatic imine (C=N–C) groups is 1. The maximum atomic E-state index is 15.2. The van der Waals surface area contributed by atoms with Gasteiger partial charge in [-0.25, -0.2) is 9.18 Å². The molecule has 0 unspecified atom stereocenters. The lowest BCUT2D eigenvalue weighted by Gasteiger charge is -2.28. The maximum absolute atomic E-state index is 15.2. The van der Waals surface area contributed by atoms with Gasteiger partial charge in [0.25, 0.3) is 0 Å². The fourth-order valence-electron chi connectivity index (χ4n) is 4.36. The van der Waals surface area contributed by atoms with E-state index in [2.05, 4.69) is 4.99 Å². The van der Waals surface area contributed by atoms with E-state index in [1.807, 2.05) is 9.47 Å². The van der Waals surface area contributed by atoms with E-state index in [4.69, 9.17) is 5.73 Å². The molecule has 2 atom stereocenters. The molecule has 1 saturated heterocycles. The van der Waals surface area contributed by atoms with Crippen LogP contribution in [0.4, 0.5) is 10.1 Å².